The number of carbonyl (C=O) groups is 1. The third-order valence-corrected chi connectivity index (χ3v) is 2.12. The number of nitrogens with two attached hydrogens (primary N) is 1. The molecule has 3 N–H and O–H groups in total. The molecule has 0 aromatic rings. The molecule has 5 heteroatoms. The minimum atomic E-state index is -0.410. The summed E-state index contributed by atoms with van der Waals surface area (Å²) in [6.07, 6.45) is 1.84. The monoisotopic (exact) mass is 169 g/mol. The molecule has 2 aliphatic rings. The van der Waals surface area contributed by atoms with Gasteiger partial charge < -0.3 is 10.5 Å². The van der Waals surface area contributed by atoms with E-state index in [1.165, 1.54) is 0 Å². The highest BCUT2D eigenvalue weighted by Gasteiger charge is 2.35. The Kier molecular flexibility index (Phi) is 1.73. The molecule has 0 bridgehead atoms. The van der Waals surface area contributed by atoms with Crippen molar-refractivity contribution >= 4 is 11.9 Å². The number of aliphatic imine (C=N–C) groups is 1. The number of amides is 1. The van der Waals surface area contributed by atoms with E-state index in [-0.39, 0.29) is 18.0 Å². The topological polar surface area (TPSA) is 76.7 Å². The summed E-state index contributed by atoms with van der Waals surface area (Å²) in [5.41, 5.74) is 5.35. The number of carbonyl (C=O) groups excluding carboxylic acids is 1. The van der Waals surface area contributed by atoms with Crippen LogP contribution in [-0.4, -0.2) is 30.6 Å². The van der Waals surface area contributed by atoms with E-state index in [2.05, 4.69) is 10.3 Å². The smallest absolute Gasteiger partial charge is 0.254 e. The normalized spacial score (nSPS) is 35.0. The summed E-state index contributed by atoms with van der Waals surface area (Å²) >= 11 is 0. The van der Waals surface area contributed by atoms with Crippen LogP contribution in [0.15, 0.2) is 4.99 Å². The molecule has 12 heavy (non-hydrogen) atoms. The van der Waals surface area contributed by atoms with Crippen molar-refractivity contribution in [2.45, 2.75) is 25.0 Å². The zero-order chi connectivity index (χ0) is 8.55. The van der Waals surface area contributed by atoms with Crippen molar-refractivity contribution < 1.29 is 9.53 Å². The minimum Gasteiger partial charge on any atom is -0.375 e. The molecule has 0 aliphatic carbocycles. The van der Waals surface area contributed by atoms with E-state index >= 15 is 0 Å². The van der Waals surface area contributed by atoms with E-state index < -0.39 is 6.04 Å². The summed E-state index contributed by atoms with van der Waals surface area (Å²) in [6, 6.07) is -0.410. The van der Waals surface area contributed by atoms with Crippen LogP contribution in [0.4, 0.5) is 0 Å². The Bertz CT molecular complexity index is 233. The SMILES string of the molecule is NC1=NC(C2CCCO2)C(=O)N1. The summed E-state index contributed by atoms with van der Waals surface area (Å²) in [4.78, 5) is 15.1. The number of nitrogens with zero attached hydrogens (tertiary/aromatic N) is 1. The van der Waals surface area contributed by atoms with Gasteiger partial charge >= 0.3 is 0 Å². The van der Waals surface area contributed by atoms with Crippen LogP contribution in [0.5, 0.6) is 0 Å². The summed E-state index contributed by atoms with van der Waals surface area (Å²) < 4.78 is 5.33. The molecule has 0 spiro atoms. The van der Waals surface area contributed by atoms with E-state index in [4.69, 9.17) is 10.5 Å². The van der Waals surface area contributed by atoms with Gasteiger partial charge in [0.15, 0.2) is 12.0 Å². The van der Waals surface area contributed by atoms with Gasteiger partial charge in [-0.15, -0.1) is 0 Å². The van der Waals surface area contributed by atoms with Gasteiger partial charge in [-0.2, -0.15) is 0 Å². The summed E-state index contributed by atoms with van der Waals surface area (Å²) in [5.74, 6) is 0.0694. The molecule has 2 rings (SSSR count). The molecule has 0 aromatic heterocycles. The number of guanidine groups is 1. The van der Waals surface area contributed by atoms with Crippen LogP contribution in [0.3, 0.4) is 0 Å². The quantitative estimate of drug-likeness (QED) is 0.527. The van der Waals surface area contributed by atoms with Gasteiger partial charge in [0.25, 0.3) is 5.91 Å². The molecule has 1 amide bonds. The van der Waals surface area contributed by atoms with Crippen LogP contribution in [0.2, 0.25) is 0 Å². The maximum absolute atomic E-state index is 11.2. The molecule has 5 nitrogen and oxygen atoms in total. The number of rotatable bonds is 1. The summed E-state index contributed by atoms with van der Waals surface area (Å²) in [6.45, 7) is 0.726. The molecule has 1 saturated heterocycles. The zero-order valence-electron chi connectivity index (χ0n) is 6.62. The van der Waals surface area contributed by atoms with Crippen LogP contribution in [0, 0.1) is 0 Å². The molecule has 2 heterocycles. The third-order valence-electron chi connectivity index (χ3n) is 2.12. The van der Waals surface area contributed by atoms with E-state index in [9.17, 15) is 4.79 Å². The maximum Gasteiger partial charge on any atom is 0.254 e. The number of ether oxygens (including phenoxy) is 1. The van der Waals surface area contributed by atoms with Gasteiger partial charge in [-0.05, 0) is 12.8 Å². The molecule has 0 aromatic carbocycles. The predicted molar refractivity (Wildman–Crippen MR) is 42.5 cm³/mol. The molecule has 0 saturated carbocycles. The van der Waals surface area contributed by atoms with E-state index in [1.54, 1.807) is 0 Å². The maximum atomic E-state index is 11.2. The molecular formula is C7H11N3O2. The van der Waals surface area contributed by atoms with Gasteiger partial charge in [-0.25, -0.2) is 4.99 Å². The van der Waals surface area contributed by atoms with Gasteiger partial charge in [0.1, 0.15) is 0 Å². The Morgan fingerprint density at radius 3 is 3.00 bits per heavy atom. The van der Waals surface area contributed by atoms with Crippen molar-refractivity contribution in [3.05, 3.63) is 0 Å². The third kappa shape index (κ3) is 1.16. The lowest BCUT2D eigenvalue weighted by atomic mass is 10.1. The standard InChI is InChI=1S/C7H11N3O2/c8-7-9-5(6(11)10-7)4-2-1-3-12-4/h4-5H,1-3H2,(H3,8,9,10,11). The predicted octanol–water partition coefficient (Wildman–Crippen LogP) is -1.02. The first kappa shape index (κ1) is 7.54. The second kappa shape index (κ2) is 2.75. The Hall–Kier alpha value is -1.10. The molecule has 1 fully saturated rings. The lowest BCUT2D eigenvalue weighted by molar-refractivity contribution is -0.122. The van der Waals surface area contributed by atoms with Crippen LogP contribution >= 0.6 is 0 Å². The second-order valence-corrected chi connectivity index (χ2v) is 3.00. The van der Waals surface area contributed by atoms with Crippen molar-refractivity contribution in [2.75, 3.05) is 6.61 Å². The molecule has 2 atom stereocenters. The Balaban J connectivity index is 2.07. The highest BCUT2D eigenvalue weighted by atomic mass is 16.5. The van der Waals surface area contributed by atoms with Gasteiger partial charge in [-0.1, -0.05) is 0 Å². The first-order valence-electron chi connectivity index (χ1n) is 4.03. The van der Waals surface area contributed by atoms with E-state index in [0.29, 0.717) is 0 Å². The fraction of sp³-hybridized carbons (Fsp3) is 0.714. The molecule has 2 unspecified atom stereocenters. The minimum absolute atomic E-state index is 0.0638. The first-order valence-corrected chi connectivity index (χ1v) is 4.03. The average molecular weight is 169 g/mol. The van der Waals surface area contributed by atoms with Gasteiger partial charge in [0, 0.05) is 6.61 Å². The number of hydrogen-bond donors (Lipinski definition) is 2. The molecule has 66 valence electrons. The van der Waals surface area contributed by atoms with E-state index in [0.717, 1.165) is 19.4 Å². The number of nitrogens with one attached hydrogen (secondary N) is 1. The van der Waals surface area contributed by atoms with Crippen molar-refractivity contribution in [3.8, 4) is 0 Å². The average Bonchev–Trinajstić information content (AvgIpc) is 2.58. The van der Waals surface area contributed by atoms with Gasteiger partial charge in [0.05, 0.1) is 6.10 Å². The Morgan fingerprint density at radius 2 is 2.50 bits per heavy atom. The summed E-state index contributed by atoms with van der Waals surface area (Å²) in [5, 5.41) is 2.45. The fourth-order valence-electron chi connectivity index (χ4n) is 1.54. The largest absolute Gasteiger partial charge is 0.375 e. The molecule has 0 radical (unpaired) electrons. The van der Waals surface area contributed by atoms with Crippen LogP contribution in [0.25, 0.3) is 0 Å². The second-order valence-electron chi connectivity index (χ2n) is 3.00. The van der Waals surface area contributed by atoms with Crippen LogP contribution in [0.1, 0.15) is 12.8 Å². The lowest BCUT2D eigenvalue weighted by Crippen LogP contribution is -2.37. The highest BCUT2D eigenvalue weighted by molar-refractivity contribution is 6.04. The van der Waals surface area contributed by atoms with Crippen LogP contribution < -0.4 is 11.1 Å². The fourth-order valence-corrected chi connectivity index (χ4v) is 1.54. The highest BCUT2D eigenvalue weighted by Crippen LogP contribution is 2.19. The Labute approximate surface area is 70.0 Å². The van der Waals surface area contributed by atoms with E-state index in [1.807, 2.05) is 0 Å². The van der Waals surface area contributed by atoms with Crippen molar-refractivity contribution in [2.24, 2.45) is 10.7 Å². The van der Waals surface area contributed by atoms with Crippen molar-refractivity contribution in [1.29, 1.82) is 0 Å². The van der Waals surface area contributed by atoms with Crippen molar-refractivity contribution in [1.82, 2.24) is 5.32 Å². The van der Waals surface area contributed by atoms with Gasteiger partial charge in [0.2, 0.25) is 0 Å². The molecular weight excluding hydrogens is 158 g/mol. The zero-order valence-corrected chi connectivity index (χ0v) is 6.62. The van der Waals surface area contributed by atoms with Crippen LogP contribution in [-0.2, 0) is 9.53 Å². The van der Waals surface area contributed by atoms with Gasteiger partial charge in [-0.3, -0.25) is 10.1 Å². The summed E-state index contributed by atoms with van der Waals surface area (Å²) in [7, 11) is 0. The Morgan fingerprint density at radius 1 is 1.67 bits per heavy atom. The van der Waals surface area contributed by atoms with Crippen molar-refractivity contribution in [3.63, 3.8) is 0 Å². The lowest BCUT2D eigenvalue weighted by Gasteiger charge is -2.11. The molecule has 2 aliphatic heterocycles. The number of hydrogen-bond acceptors (Lipinski definition) is 4. The first-order chi connectivity index (χ1) is 5.77.